The smallest absolute Gasteiger partial charge is 0.202 e. The molecule has 7 nitrogen and oxygen atoms in total. The van der Waals surface area contributed by atoms with E-state index in [2.05, 4.69) is 17.6 Å². The van der Waals surface area contributed by atoms with Gasteiger partial charge in [-0.15, -0.1) is 0 Å². The molecule has 240 valence electrons. The van der Waals surface area contributed by atoms with Crippen molar-refractivity contribution in [1.82, 2.24) is 0 Å². The standard InChI is InChI=1S/C34H29F5N2O5/c1-2-3-4-5-6-7-16-46-34-26-25(32(44)23-21(42)14-15-22(43)24(23)33(26)45)27(39)30(40-28-17(35)10-8-11-18(28)36)31(34)41-29-19(37)12-9-13-20(29)38/h8-15,40-43H,2-7,16H2,1H3. The molecular weight excluding hydrogens is 611 g/mol. The van der Waals surface area contributed by atoms with E-state index >= 15 is 4.39 Å². The van der Waals surface area contributed by atoms with Crippen molar-refractivity contribution >= 4 is 34.3 Å². The van der Waals surface area contributed by atoms with Gasteiger partial charge >= 0.3 is 0 Å². The highest BCUT2D eigenvalue weighted by atomic mass is 19.1. The van der Waals surface area contributed by atoms with E-state index in [0.717, 1.165) is 74.2 Å². The molecule has 4 N–H and O–H groups in total. The first-order chi connectivity index (χ1) is 22.1. The lowest BCUT2D eigenvalue weighted by Crippen LogP contribution is -2.25. The Bertz CT molecular complexity index is 1810. The molecule has 0 aliphatic heterocycles. The maximum absolute atomic E-state index is 16.7. The van der Waals surface area contributed by atoms with Crippen molar-refractivity contribution in [2.24, 2.45) is 0 Å². The summed E-state index contributed by atoms with van der Waals surface area (Å²) >= 11 is 0. The van der Waals surface area contributed by atoms with Crippen molar-refractivity contribution in [3.8, 4) is 17.2 Å². The van der Waals surface area contributed by atoms with Crippen LogP contribution in [-0.2, 0) is 0 Å². The van der Waals surface area contributed by atoms with Crippen LogP contribution in [0.15, 0.2) is 48.5 Å². The molecule has 4 aromatic rings. The Labute approximate surface area is 260 Å². The van der Waals surface area contributed by atoms with Crippen molar-refractivity contribution in [2.45, 2.75) is 45.4 Å². The summed E-state index contributed by atoms with van der Waals surface area (Å²) in [5.74, 6) is -10.6. The lowest BCUT2D eigenvalue weighted by Gasteiger charge is -2.27. The van der Waals surface area contributed by atoms with Gasteiger partial charge in [0.25, 0.3) is 0 Å². The average molecular weight is 641 g/mol. The number of unbranched alkanes of at least 4 members (excludes halogenated alkanes) is 5. The van der Waals surface area contributed by atoms with E-state index in [1.54, 1.807) is 0 Å². The fourth-order valence-electron chi connectivity index (χ4n) is 5.34. The van der Waals surface area contributed by atoms with Crippen LogP contribution in [0.3, 0.4) is 0 Å². The quantitative estimate of drug-likeness (QED) is 0.0613. The summed E-state index contributed by atoms with van der Waals surface area (Å²) in [5.41, 5.74) is -6.26. The summed E-state index contributed by atoms with van der Waals surface area (Å²) in [7, 11) is 0. The Morgan fingerprint density at radius 1 is 0.587 bits per heavy atom. The Morgan fingerprint density at radius 2 is 1.04 bits per heavy atom. The first-order valence-corrected chi connectivity index (χ1v) is 14.6. The molecule has 0 amide bonds. The van der Waals surface area contributed by atoms with Gasteiger partial charge in [0.2, 0.25) is 11.6 Å². The van der Waals surface area contributed by atoms with Gasteiger partial charge in [-0.2, -0.15) is 0 Å². The molecule has 1 aliphatic carbocycles. The largest absolute Gasteiger partial charge is 0.507 e. The molecule has 0 fully saturated rings. The summed E-state index contributed by atoms with van der Waals surface area (Å²) < 4.78 is 82.1. The van der Waals surface area contributed by atoms with Gasteiger partial charge in [0.1, 0.15) is 57.5 Å². The van der Waals surface area contributed by atoms with Gasteiger partial charge in [0.15, 0.2) is 11.6 Å². The SMILES string of the molecule is CCCCCCCCOc1c(Nc2c(F)cccc2F)c(Nc2c(F)cccc2F)c(F)c2c1C(=O)c1c(O)ccc(O)c1C2=O. The second-order valence-corrected chi connectivity index (χ2v) is 10.7. The zero-order valence-electron chi connectivity index (χ0n) is 24.6. The zero-order chi connectivity index (χ0) is 33.1. The Balaban J connectivity index is 1.77. The molecule has 1 aliphatic rings. The van der Waals surface area contributed by atoms with Gasteiger partial charge in [-0.05, 0) is 42.8 Å². The number of carbonyl (C=O) groups excluding carboxylic acids is 2. The molecule has 12 heteroatoms. The van der Waals surface area contributed by atoms with Crippen LogP contribution >= 0.6 is 0 Å². The number of aromatic hydroxyl groups is 2. The molecule has 5 rings (SSSR count). The number of hydrogen-bond donors (Lipinski definition) is 4. The molecule has 46 heavy (non-hydrogen) atoms. The van der Waals surface area contributed by atoms with Gasteiger partial charge in [-0.3, -0.25) is 9.59 Å². The number of hydrogen-bond acceptors (Lipinski definition) is 7. The average Bonchev–Trinajstić information content (AvgIpc) is 3.01. The first-order valence-electron chi connectivity index (χ1n) is 14.6. The van der Waals surface area contributed by atoms with Crippen LogP contribution in [0.1, 0.15) is 77.3 Å². The topological polar surface area (TPSA) is 108 Å². The molecular formula is C34H29F5N2O5. The number of phenolic OH excluding ortho intramolecular Hbond substituents is 2. The first kappa shape index (κ1) is 32.3. The lowest BCUT2D eigenvalue weighted by atomic mass is 9.81. The van der Waals surface area contributed by atoms with Crippen LogP contribution < -0.4 is 15.4 Å². The maximum Gasteiger partial charge on any atom is 0.202 e. The number of halogens is 5. The number of phenols is 2. The van der Waals surface area contributed by atoms with Crippen molar-refractivity contribution in [2.75, 3.05) is 17.2 Å². The van der Waals surface area contributed by atoms with Crippen molar-refractivity contribution in [3.05, 3.63) is 99.9 Å². The third kappa shape index (κ3) is 5.94. The van der Waals surface area contributed by atoms with Crippen LogP contribution in [0.2, 0.25) is 0 Å². The van der Waals surface area contributed by atoms with E-state index in [1.807, 2.05) is 0 Å². The van der Waals surface area contributed by atoms with E-state index in [9.17, 15) is 37.4 Å². The molecule has 0 saturated heterocycles. The monoisotopic (exact) mass is 640 g/mol. The molecule has 4 aromatic carbocycles. The second kappa shape index (κ2) is 13.5. The number of para-hydroxylation sites is 2. The Kier molecular flexibility index (Phi) is 9.45. The van der Waals surface area contributed by atoms with Gasteiger partial charge < -0.3 is 25.6 Å². The van der Waals surface area contributed by atoms with Gasteiger partial charge in [0, 0.05) is 0 Å². The van der Waals surface area contributed by atoms with Crippen LogP contribution in [0, 0.1) is 29.1 Å². The summed E-state index contributed by atoms with van der Waals surface area (Å²) in [6.07, 6.45) is 4.93. The number of rotatable bonds is 12. The fourth-order valence-corrected chi connectivity index (χ4v) is 5.34. The maximum atomic E-state index is 16.7. The minimum atomic E-state index is -1.55. The lowest BCUT2D eigenvalue weighted by molar-refractivity contribution is 0.0967. The number of carbonyl (C=O) groups is 2. The van der Waals surface area contributed by atoms with Crippen molar-refractivity contribution in [3.63, 3.8) is 0 Å². The number of anilines is 4. The number of ketones is 2. The molecule has 0 heterocycles. The van der Waals surface area contributed by atoms with Gasteiger partial charge in [-0.25, -0.2) is 22.0 Å². The fraction of sp³-hybridized carbons (Fsp3) is 0.235. The van der Waals surface area contributed by atoms with Crippen LogP contribution in [0.4, 0.5) is 44.7 Å². The molecule has 0 atom stereocenters. The summed E-state index contributed by atoms with van der Waals surface area (Å²) in [5, 5.41) is 25.6. The van der Waals surface area contributed by atoms with Gasteiger partial charge in [0.05, 0.1) is 28.9 Å². The molecule has 0 unspecified atom stereocenters. The zero-order valence-corrected chi connectivity index (χ0v) is 24.6. The number of ether oxygens (including phenoxy) is 1. The highest BCUT2D eigenvalue weighted by molar-refractivity contribution is 6.32. The predicted molar refractivity (Wildman–Crippen MR) is 161 cm³/mol. The summed E-state index contributed by atoms with van der Waals surface area (Å²) in [6.45, 7) is 1.94. The third-order valence-corrected chi connectivity index (χ3v) is 7.63. The van der Waals surface area contributed by atoms with E-state index < -0.39 is 103 Å². The van der Waals surface area contributed by atoms with E-state index in [0.29, 0.717) is 12.8 Å². The highest BCUT2D eigenvalue weighted by Crippen LogP contribution is 2.50. The normalized spacial score (nSPS) is 12.1. The minimum absolute atomic E-state index is 0.119. The number of benzene rings is 4. The van der Waals surface area contributed by atoms with Crippen molar-refractivity contribution in [1.29, 1.82) is 0 Å². The van der Waals surface area contributed by atoms with Gasteiger partial charge in [-0.1, -0.05) is 51.2 Å². The molecule has 0 bridgehead atoms. The highest BCUT2D eigenvalue weighted by Gasteiger charge is 2.42. The molecule has 0 aromatic heterocycles. The molecule has 0 saturated carbocycles. The van der Waals surface area contributed by atoms with E-state index in [1.165, 1.54) is 0 Å². The summed E-state index contributed by atoms with van der Waals surface area (Å²) in [4.78, 5) is 27.7. The Hall–Kier alpha value is -5.13. The minimum Gasteiger partial charge on any atom is -0.507 e. The molecule has 0 spiro atoms. The van der Waals surface area contributed by atoms with E-state index in [4.69, 9.17) is 4.74 Å². The van der Waals surface area contributed by atoms with E-state index in [-0.39, 0.29) is 6.61 Å². The summed E-state index contributed by atoms with van der Waals surface area (Å²) in [6, 6.07) is 7.54. The van der Waals surface area contributed by atoms with Crippen LogP contribution in [0.5, 0.6) is 17.2 Å². The number of nitrogens with one attached hydrogen (secondary N) is 2. The predicted octanol–water partition coefficient (Wildman–Crippen LogP) is 8.80. The Morgan fingerprint density at radius 3 is 1.57 bits per heavy atom. The van der Waals surface area contributed by atoms with Crippen molar-refractivity contribution < 1.29 is 46.5 Å². The third-order valence-electron chi connectivity index (χ3n) is 7.63. The number of fused-ring (bicyclic) bond motifs is 2. The second-order valence-electron chi connectivity index (χ2n) is 10.7. The van der Waals surface area contributed by atoms with Crippen LogP contribution in [0.25, 0.3) is 0 Å². The van der Waals surface area contributed by atoms with Crippen LogP contribution in [-0.4, -0.2) is 28.4 Å². The molecule has 0 radical (unpaired) electrons.